The van der Waals surface area contributed by atoms with Crippen LogP contribution < -0.4 is 11.1 Å². The van der Waals surface area contributed by atoms with E-state index in [0.29, 0.717) is 6.42 Å². The largest absolute Gasteiger partial charge is 0.368 e. The molecule has 0 saturated heterocycles. The maximum Gasteiger partial charge on any atom is 0.240 e. The number of nitrogens with one attached hydrogen (secondary N) is 1. The van der Waals surface area contributed by atoms with Crippen LogP contribution in [0.1, 0.15) is 24.5 Å². The number of amides is 2. The van der Waals surface area contributed by atoms with Gasteiger partial charge in [0.25, 0.3) is 0 Å². The first-order chi connectivity index (χ1) is 11.5. The normalized spacial score (nSPS) is 12.2. The van der Waals surface area contributed by atoms with E-state index in [0.717, 1.165) is 11.1 Å². The maximum absolute atomic E-state index is 13.1. The minimum absolute atomic E-state index is 0.273. The highest BCUT2D eigenvalue weighted by atomic mass is 16.2. The Balaban J connectivity index is 2.45. The van der Waals surface area contributed by atoms with Crippen LogP contribution in [0.3, 0.4) is 0 Å². The standard InChI is InChI=1S/C20H22N2O2/c1-3-10-17(18(21)23)22-19(24)20(2,15-11-6-4-7-12-15)16-13-8-5-9-14-16/h3-9,11-14,17H,1,10H2,2H3,(H2,21,23)(H,22,24)/t17-/m1/s1. The number of hydrogen-bond acceptors (Lipinski definition) is 2. The van der Waals surface area contributed by atoms with Gasteiger partial charge in [-0.1, -0.05) is 66.7 Å². The zero-order valence-corrected chi connectivity index (χ0v) is 13.7. The average molecular weight is 322 g/mol. The molecular formula is C20H22N2O2. The summed E-state index contributed by atoms with van der Waals surface area (Å²) in [6, 6.07) is 18.2. The average Bonchev–Trinajstić information content (AvgIpc) is 2.62. The molecule has 4 nitrogen and oxygen atoms in total. The monoisotopic (exact) mass is 322 g/mol. The van der Waals surface area contributed by atoms with Crippen molar-refractivity contribution in [2.75, 3.05) is 0 Å². The molecule has 0 aliphatic heterocycles. The molecular weight excluding hydrogens is 300 g/mol. The number of rotatable bonds is 7. The molecule has 2 aromatic rings. The van der Waals surface area contributed by atoms with Gasteiger partial charge in [-0.25, -0.2) is 0 Å². The van der Waals surface area contributed by atoms with Crippen LogP contribution in [0.25, 0.3) is 0 Å². The van der Waals surface area contributed by atoms with Gasteiger partial charge in [-0.2, -0.15) is 0 Å². The lowest BCUT2D eigenvalue weighted by molar-refractivity contribution is -0.129. The van der Waals surface area contributed by atoms with E-state index in [1.165, 1.54) is 0 Å². The van der Waals surface area contributed by atoms with Crippen molar-refractivity contribution in [2.24, 2.45) is 5.73 Å². The van der Waals surface area contributed by atoms with Gasteiger partial charge in [0.2, 0.25) is 11.8 Å². The number of primary amides is 1. The molecule has 2 rings (SSSR count). The molecule has 0 heterocycles. The Kier molecular flexibility index (Phi) is 5.53. The number of carbonyl (C=O) groups is 2. The number of benzene rings is 2. The van der Waals surface area contributed by atoms with Gasteiger partial charge < -0.3 is 11.1 Å². The summed E-state index contributed by atoms with van der Waals surface area (Å²) in [5, 5.41) is 2.77. The molecule has 1 atom stereocenters. The van der Waals surface area contributed by atoms with Gasteiger partial charge in [0.05, 0.1) is 5.41 Å². The van der Waals surface area contributed by atoms with Crippen LogP contribution in [0, 0.1) is 0 Å². The van der Waals surface area contributed by atoms with Gasteiger partial charge in [-0.3, -0.25) is 9.59 Å². The number of nitrogens with two attached hydrogens (primary N) is 1. The minimum Gasteiger partial charge on any atom is -0.368 e. The van der Waals surface area contributed by atoms with Gasteiger partial charge in [0.1, 0.15) is 6.04 Å². The van der Waals surface area contributed by atoms with Crippen molar-refractivity contribution in [1.29, 1.82) is 0 Å². The van der Waals surface area contributed by atoms with Crippen LogP contribution in [0.4, 0.5) is 0 Å². The third kappa shape index (κ3) is 3.54. The Morgan fingerprint density at radius 3 is 1.92 bits per heavy atom. The second kappa shape index (κ2) is 7.59. The maximum atomic E-state index is 13.1. The summed E-state index contributed by atoms with van der Waals surface area (Å²) in [4.78, 5) is 24.7. The zero-order valence-electron chi connectivity index (χ0n) is 13.7. The van der Waals surface area contributed by atoms with Crippen molar-refractivity contribution in [1.82, 2.24) is 5.32 Å². The van der Waals surface area contributed by atoms with Crippen molar-refractivity contribution in [3.05, 3.63) is 84.4 Å². The molecule has 3 N–H and O–H groups in total. The first-order valence-electron chi connectivity index (χ1n) is 7.82. The molecule has 0 aliphatic rings. The Morgan fingerprint density at radius 1 is 1.08 bits per heavy atom. The van der Waals surface area contributed by atoms with Gasteiger partial charge >= 0.3 is 0 Å². The van der Waals surface area contributed by atoms with Crippen molar-refractivity contribution in [2.45, 2.75) is 24.8 Å². The first-order valence-corrected chi connectivity index (χ1v) is 7.82. The molecule has 124 valence electrons. The quantitative estimate of drug-likeness (QED) is 0.769. The van der Waals surface area contributed by atoms with E-state index in [2.05, 4.69) is 11.9 Å². The SMILES string of the molecule is C=CC[C@@H](NC(=O)C(C)(c1ccccc1)c1ccccc1)C(N)=O. The summed E-state index contributed by atoms with van der Waals surface area (Å²) < 4.78 is 0. The summed E-state index contributed by atoms with van der Waals surface area (Å²) in [6.45, 7) is 5.46. The molecule has 0 aliphatic carbocycles. The molecule has 2 amide bonds. The zero-order chi connectivity index (χ0) is 17.6. The highest BCUT2D eigenvalue weighted by Crippen LogP contribution is 2.32. The van der Waals surface area contributed by atoms with E-state index in [1.54, 1.807) is 6.08 Å². The predicted molar refractivity (Wildman–Crippen MR) is 95.3 cm³/mol. The number of carbonyl (C=O) groups excluding carboxylic acids is 2. The lowest BCUT2D eigenvalue weighted by Crippen LogP contribution is -2.51. The summed E-state index contributed by atoms with van der Waals surface area (Å²) in [6.07, 6.45) is 1.86. The second-order valence-electron chi connectivity index (χ2n) is 5.81. The predicted octanol–water partition coefficient (Wildman–Crippen LogP) is 2.54. The Hall–Kier alpha value is -2.88. The van der Waals surface area contributed by atoms with E-state index in [-0.39, 0.29) is 5.91 Å². The minimum atomic E-state index is -0.933. The van der Waals surface area contributed by atoms with Crippen LogP contribution in [-0.2, 0) is 15.0 Å². The Labute approximate surface area is 142 Å². The first kappa shape index (κ1) is 17.5. The lowest BCUT2D eigenvalue weighted by atomic mass is 9.75. The summed E-state index contributed by atoms with van der Waals surface area (Å²) in [5.41, 5.74) is 6.14. The lowest BCUT2D eigenvalue weighted by Gasteiger charge is -2.31. The third-order valence-electron chi connectivity index (χ3n) is 4.21. The van der Waals surface area contributed by atoms with E-state index >= 15 is 0 Å². The molecule has 0 aromatic heterocycles. The molecule has 0 fully saturated rings. The van der Waals surface area contributed by atoms with Crippen molar-refractivity contribution >= 4 is 11.8 Å². The van der Waals surface area contributed by atoms with Crippen LogP contribution in [-0.4, -0.2) is 17.9 Å². The van der Waals surface area contributed by atoms with E-state index in [1.807, 2.05) is 67.6 Å². The molecule has 2 aromatic carbocycles. The summed E-state index contributed by atoms with van der Waals surface area (Å²) in [7, 11) is 0. The van der Waals surface area contributed by atoms with E-state index < -0.39 is 17.4 Å². The van der Waals surface area contributed by atoms with Crippen LogP contribution in [0.5, 0.6) is 0 Å². The van der Waals surface area contributed by atoms with Crippen molar-refractivity contribution in [3.8, 4) is 0 Å². The molecule has 0 radical (unpaired) electrons. The second-order valence-corrected chi connectivity index (χ2v) is 5.81. The van der Waals surface area contributed by atoms with Crippen molar-refractivity contribution < 1.29 is 9.59 Å². The highest BCUT2D eigenvalue weighted by molar-refractivity contribution is 5.95. The van der Waals surface area contributed by atoms with Crippen molar-refractivity contribution in [3.63, 3.8) is 0 Å². The smallest absolute Gasteiger partial charge is 0.240 e. The van der Waals surface area contributed by atoms with Gasteiger partial charge in [0, 0.05) is 0 Å². The van der Waals surface area contributed by atoms with E-state index in [9.17, 15) is 9.59 Å². The Morgan fingerprint density at radius 2 is 1.54 bits per heavy atom. The fraction of sp³-hybridized carbons (Fsp3) is 0.200. The molecule has 0 saturated carbocycles. The highest BCUT2D eigenvalue weighted by Gasteiger charge is 2.38. The van der Waals surface area contributed by atoms with E-state index in [4.69, 9.17) is 5.73 Å². The van der Waals surface area contributed by atoms with Crippen LogP contribution in [0.2, 0.25) is 0 Å². The fourth-order valence-corrected chi connectivity index (χ4v) is 2.69. The van der Waals surface area contributed by atoms with Crippen LogP contribution >= 0.6 is 0 Å². The summed E-state index contributed by atoms with van der Waals surface area (Å²) >= 11 is 0. The molecule has 0 spiro atoms. The molecule has 0 unspecified atom stereocenters. The molecule has 4 heteroatoms. The topological polar surface area (TPSA) is 72.2 Å². The van der Waals surface area contributed by atoms with Crippen LogP contribution in [0.15, 0.2) is 73.3 Å². The fourth-order valence-electron chi connectivity index (χ4n) is 2.69. The summed E-state index contributed by atoms with van der Waals surface area (Å²) in [5.74, 6) is -0.850. The number of hydrogen-bond donors (Lipinski definition) is 2. The molecule has 0 bridgehead atoms. The molecule has 24 heavy (non-hydrogen) atoms. The van der Waals surface area contributed by atoms with Gasteiger partial charge in [-0.05, 0) is 24.5 Å². The Bertz CT molecular complexity index is 671. The van der Waals surface area contributed by atoms with Gasteiger partial charge in [0.15, 0.2) is 0 Å². The van der Waals surface area contributed by atoms with Gasteiger partial charge in [-0.15, -0.1) is 6.58 Å². The third-order valence-corrected chi connectivity index (χ3v) is 4.21.